The van der Waals surface area contributed by atoms with Gasteiger partial charge in [-0.25, -0.2) is 0 Å². The molecule has 3 N–H and O–H groups in total. The van der Waals surface area contributed by atoms with Crippen LogP contribution in [0.2, 0.25) is 0 Å². The highest BCUT2D eigenvalue weighted by Crippen LogP contribution is 2.24. The van der Waals surface area contributed by atoms with Gasteiger partial charge in [-0.05, 0) is 43.2 Å². The molecule has 0 unspecified atom stereocenters. The molecular formula is C16H18N2O. The summed E-state index contributed by atoms with van der Waals surface area (Å²) in [4.78, 5) is 11.5. The second-order valence-electron chi connectivity index (χ2n) is 4.49. The number of hydrogen-bond acceptors (Lipinski definition) is 3. The van der Waals surface area contributed by atoms with Gasteiger partial charge in [0, 0.05) is 22.6 Å². The molecule has 0 aromatic heterocycles. The van der Waals surface area contributed by atoms with E-state index < -0.39 is 0 Å². The molecule has 0 heterocycles. The third kappa shape index (κ3) is 2.94. The molecule has 98 valence electrons. The van der Waals surface area contributed by atoms with Gasteiger partial charge in [-0.3, -0.25) is 4.79 Å². The van der Waals surface area contributed by atoms with Crippen LogP contribution in [0.5, 0.6) is 0 Å². The zero-order chi connectivity index (χ0) is 13.8. The Bertz CT molecular complexity index is 605. The number of nitrogens with one attached hydrogen (secondary N) is 1. The van der Waals surface area contributed by atoms with Crippen molar-refractivity contribution in [1.29, 1.82) is 0 Å². The van der Waals surface area contributed by atoms with E-state index >= 15 is 0 Å². The van der Waals surface area contributed by atoms with Gasteiger partial charge in [0.2, 0.25) is 0 Å². The molecule has 2 rings (SSSR count). The Morgan fingerprint density at radius 2 is 1.95 bits per heavy atom. The van der Waals surface area contributed by atoms with Crippen molar-refractivity contribution in [1.82, 2.24) is 0 Å². The zero-order valence-corrected chi connectivity index (χ0v) is 11.2. The largest absolute Gasteiger partial charge is 0.398 e. The number of para-hydroxylation sites is 1. The highest BCUT2D eigenvalue weighted by Gasteiger charge is 2.07. The monoisotopic (exact) mass is 254 g/mol. The number of nitrogen functional groups attached to an aromatic ring is 1. The summed E-state index contributed by atoms with van der Waals surface area (Å²) in [5.74, 6) is -0.0232. The van der Waals surface area contributed by atoms with Crippen molar-refractivity contribution in [2.75, 3.05) is 11.1 Å². The van der Waals surface area contributed by atoms with E-state index in [1.165, 1.54) is 12.5 Å². The fourth-order valence-corrected chi connectivity index (χ4v) is 2.04. The van der Waals surface area contributed by atoms with Crippen LogP contribution in [0.15, 0.2) is 42.5 Å². The van der Waals surface area contributed by atoms with E-state index in [2.05, 4.69) is 18.3 Å². The molecule has 0 fully saturated rings. The Balaban J connectivity index is 2.33. The van der Waals surface area contributed by atoms with E-state index in [0.29, 0.717) is 11.3 Å². The van der Waals surface area contributed by atoms with Crippen molar-refractivity contribution >= 4 is 22.8 Å². The van der Waals surface area contributed by atoms with E-state index in [9.17, 15) is 4.79 Å². The number of ketones is 1. The molecule has 0 saturated heterocycles. The van der Waals surface area contributed by atoms with E-state index in [0.717, 1.165) is 17.8 Å². The number of carbonyl (C=O) groups is 1. The summed E-state index contributed by atoms with van der Waals surface area (Å²) >= 11 is 0. The van der Waals surface area contributed by atoms with E-state index in [4.69, 9.17) is 5.73 Å². The van der Waals surface area contributed by atoms with Gasteiger partial charge in [0.1, 0.15) is 0 Å². The molecule has 0 radical (unpaired) electrons. The first-order valence-corrected chi connectivity index (χ1v) is 6.37. The summed E-state index contributed by atoms with van der Waals surface area (Å²) in [5.41, 5.74) is 10.0. The molecular weight excluding hydrogens is 236 g/mol. The summed E-state index contributed by atoms with van der Waals surface area (Å²) in [6.45, 7) is 3.64. The van der Waals surface area contributed by atoms with Crippen LogP contribution in [0.3, 0.4) is 0 Å². The SMILES string of the molecule is CCc1ccccc1Nc1ccc(N)c(C(C)=O)c1. The first-order chi connectivity index (χ1) is 9.11. The molecule has 0 aliphatic carbocycles. The Hall–Kier alpha value is -2.29. The first-order valence-electron chi connectivity index (χ1n) is 6.37. The predicted molar refractivity (Wildman–Crippen MR) is 80.0 cm³/mol. The molecule has 0 aliphatic rings. The minimum atomic E-state index is -0.0232. The summed E-state index contributed by atoms with van der Waals surface area (Å²) in [7, 11) is 0. The highest BCUT2D eigenvalue weighted by molar-refractivity contribution is 6.00. The lowest BCUT2D eigenvalue weighted by molar-refractivity contribution is 0.101. The van der Waals surface area contributed by atoms with E-state index in [1.54, 1.807) is 12.1 Å². The molecule has 2 aromatic carbocycles. The Morgan fingerprint density at radius 1 is 1.21 bits per heavy atom. The predicted octanol–water partition coefficient (Wildman–Crippen LogP) is 3.78. The van der Waals surface area contributed by atoms with Gasteiger partial charge in [-0.15, -0.1) is 0 Å². The number of rotatable bonds is 4. The lowest BCUT2D eigenvalue weighted by atomic mass is 10.1. The molecule has 19 heavy (non-hydrogen) atoms. The number of Topliss-reactive ketones (excluding diaryl/α,β-unsaturated/α-hetero) is 1. The molecule has 2 aromatic rings. The lowest BCUT2D eigenvalue weighted by Crippen LogP contribution is -2.02. The van der Waals surface area contributed by atoms with Crippen LogP contribution < -0.4 is 11.1 Å². The van der Waals surface area contributed by atoms with E-state index in [-0.39, 0.29) is 5.78 Å². The molecule has 3 heteroatoms. The maximum absolute atomic E-state index is 11.5. The smallest absolute Gasteiger partial charge is 0.161 e. The van der Waals surface area contributed by atoms with Crippen molar-refractivity contribution < 1.29 is 4.79 Å². The Morgan fingerprint density at radius 3 is 2.63 bits per heavy atom. The normalized spacial score (nSPS) is 10.2. The Labute approximate surface area is 113 Å². The van der Waals surface area contributed by atoms with Crippen LogP contribution >= 0.6 is 0 Å². The van der Waals surface area contributed by atoms with Crippen LogP contribution in [0.4, 0.5) is 17.1 Å². The van der Waals surface area contributed by atoms with Gasteiger partial charge >= 0.3 is 0 Å². The lowest BCUT2D eigenvalue weighted by Gasteiger charge is -2.12. The maximum atomic E-state index is 11.5. The fraction of sp³-hybridized carbons (Fsp3) is 0.188. The van der Waals surface area contributed by atoms with Crippen molar-refractivity contribution in [3.8, 4) is 0 Å². The first kappa shape index (κ1) is 13.1. The molecule has 0 atom stereocenters. The third-order valence-corrected chi connectivity index (χ3v) is 3.11. The van der Waals surface area contributed by atoms with Crippen LogP contribution in [-0.4, -0.2) is 5.78 Å². The fourth-order valence-electron chi connectivity index (χ4n) is 2.04. The molecule has 0 bridgehead atoms. The minimum absolute atomic E-state index is 0.0232. The molecule has 0 spiro atoms. The van der Waals surface area contributed by atoms with E-state index in [1.807, 2.05) is 24.3 Å². The molecule has 0 amide bonds. The Kier molecular flexibility index (Phi) is 3.85. The quantitative estimate of drug-likeness (QED) is 0.645. The number of benzene rings is 2. The topological polar surface area (TPSA) is 55.1 Å². The molecule has 0 aliphatic heterocycles. The molecule has 3 nitrogen and oxygen atoms in total. The second-order valence-corrected chi connectivity index (χ2v) is 4.49. The summed E-state index contributed by atoms with van der Waals surface area (Å²) in [6.07, 6.45) is 0.956. The highest BCUT2D eigenvalue weighted by atomic mass is 16.1. The molecule has 0 saturated carbocycles. The standard InChI is InChI=1S/C16H18N2O/c1-3-12-6-4-5-7-16(12)18-13-8-9-15(17)14(10-13)11(2)19/h4-10,18H,3,17H2,1-2H3. The van der Waals surface area contributed by atoms with Crippen LogP contribution in [-0.2, 0) is 6.42 Å². The number of anilines is 3. The second kappa shape index (κ2) is 5.57. The van der Waals surface area contributed by atoms with Gasteiger partial charge in [0.05, 0.1) is 0 Å². The van der Waals surface area contributed by atoms with Gasteiger partial charge in [0.25, 0.3) is 0 Å². The summed E-state index contributed by atoms with van der Waals surface area (Å²) < 4.78 is 0. The van der Waals surface area contributed by atoms with Crippen molar-refractivity contribution in [2.24, 2.45) is 0 Å². The number of nitrogens with two attached hydrogens (primary N) is 1. The van der Waals surface area contributed by atoms with Crippen LogP contribution in [0, 0.1) is 0 Å². The number of aryl methyl sites for hydroxylation is 1. The van der Waals surface area contributed by atoms with Gasteiger partial charge in [-0.1, -0.05) is 25.1 Å². The minimum Gasteiger partial charge on any atom is -0.398 e. The summed E-state index contributed by atoms with van der Waals surface area (Å²) in [6, 6.07) is 13.6. The number of hydrogen-bond donors (Lipinski definition) is 2. The number of carbonyl (C=O) groups excluding carboxylic acids is 1. The summed E-state index contributed by atoms with van der Waals surface area (Å²) in [5, 5.41) is 3.34. The van der Waals surface area contributed by atoms with Crippen LogP contribution in [0.25, 0.3) is 0 Å². The van der Waals surface area contributed by atoms with Crippen molar-refractivity contribution in [2.45, 2.75) is 20.3 Å². The average Bonchev–Trinajstić information content (AvgIpc) is 2.41. The van der Waals surface area contributed by atoms with Crippen LogP contribution in [0.1, 0.15) is 29.8 Å². The maximum Gasteiger partial charge on any atom is 0.161 e. The van der Waals surface area contributed by atoms with Gasteiger partial charge in [0.15, 0.2) is 5.78 Å². The zero-order valence-electron chi connectivity index (χ0n) is 11.2. The van der Waals surface area contributed by atoms with Gasteiger partial charge < -0.3 is 11.1 Å². The van der Waals surface area contributed by atoms with Crippen molar-refractivity contribution in [3.05, 3.63) is 53.6 Å². The average molecular weight is 254 g/mol. The van der Waals surface area contributed by atoms with Gasteiger partial charge in [-0.2, -0.15) is 0 Å². The third-order valence-electron chi connectivity index (χ3n) is 3.11. The van der Waals surface area contributed by atoms with Crippen molar-refractivity contribution in [3.63, 3.8) is 0 Å².